The fourth-order valence-corrected chi connectivity index (χ4v) is 8.37. The van der Waals surface area contributed by atoms with Crippen molar-refractivity contribution in [2.24, 2.45) is 0 Å². The summed E-state index contributed by atoms with van der Waals surface area (Å²) < 4.78 is 10.8. The number of benzene rings is 3. The molecule has 3 heterocycles. The van der Waals surface area contributed by atoms with E-state index in [1.165, 1.54) is 42.0 Å². The Morgan fingerprint density at radius 1 is 0.833 bits per heavy atom. The zero-order chi connectivity index (χ0) is 30.2. The van der Waals surface area contributed by atoms with Crippen LogP contribution in [-0.2, 0) is 20.1 Å². The number of rotatable bonds is 4. The molecule has 217 valence electrons. The first-order valence-corrected chi connectivity index (χ1v) is 18.4. The molecular weight excluding hydrogens is 725 g/mol. The number of fused-ring (bicyclic) bond motifs is 3. The van der Waals surface area contributed by atoms with E-state index in [1.54, 1.807) is 17.5 Å². The van der Waals surface area contributed by atoms with Gasteiger partial charge in [0.05, 0.1) is 8.07 Å². The summed E-state index contributed by atoms with van der Waals surface area (Å²) in [5.41, 5.74) is 8.89. The summed E-state index contributed by atoms with van der Waals surface area (Å²) in [6.07, 6.45) is 3.86. The molecule has 0 aliphatic carbocycles. The van der Waals surface area contributed by atoms with E-state index in [4.69, 9.17) is 1.37 Å². The zero-order valence-corrected chi connectivity index (χ0v) is 29.9. The zero-order valence-electron chi connectivity index (χ0n) is 26.6. The van der Waals surface area contributed by atoms with Crippen LogP contribution in [0.3, 0.4) is 0 Å². The average Bonchev–Trinajstić information content (AvgIpc) is 3.35. The molecule has 0 aliphatic rings. The van der Waals surface area contributed by atoms with Gasteiger partial charge in [-0.3, -0.25) is 0 Å². The standard InChI is InChI=1S/C22H20NS.C15H18NSi.Ir/c1-13(2)16-10-11-23-18(12-16)17-9-8-15(4)21-20-14(3)6-5-7-19(20)24-22(17)21;1-12-10-14(13-8-6-5-7-9-13)16-11-15(12)17(2,3)4;/h5-8,10-13H,1-4H3;5-8,10-11H,1-4H3;/q2*-1;/i13D;;. The van der Waals surface area contributed by atoms with Crippen molar-refractivity contribution in [3.05, 3.63) is 114 Å². The van der Waals surface area contributed by atoms with Gasteiger partial charge in [-0.05, 0) is 64.1 Å². The van der Waals surface area contributed by atoms with E-state index in [2.05, 4.69) is 105 Å². The van der Waals surface area contributed by atoms with E-state index >= 15 is 0 Å². The van der Waals surface area contributed by atoms with Crippen molar-refractivity contribution in [2.75, 3.05) is 0 Å². The van der Waals surface area contributed by atoms with Gasteiger partial charge in [-0.2, -0.15) is 11.3 Å². The SMILES string of the molecule is Cc1cc(-c2[c-]cccc2)ncc1[Si](C)(C)C.[2H]C(C)(C)c1ccnc(-c2[c-]cc(C)c3c2sc2cccc(C)c23)c1.[Ir]. The molecule has 5 heteroatoms. The summed E-state index contributed by atoms with van der Waals surface area (Å²) in [5, 5.41) is 4.09. The van der Waals surface area contributed by atoms with Crippen LogP contribution >= 0.6 is 11.3 Å². The van der Waals surface area contributed by atoms with E-state index in [1.807, 2.05) is 44.2 Å². The molecule has 6 aromatic rings. The van der Waals surface area contributed by atoms with Crippen molar-refractivity contribution < 1.29 is 21.5 Å². The molecule has 0 N–H and O–H groups in total. The molecule has 0 unspecified atom stereocenters. The van der Waals surface area contributed by atoms with Crippen LogP contribution in [0.1, 0.15) is 43.4 Å². The Morgan fingerprint density at radius 2 is 1.62 bits per heavy atom. The van der Waals surface area contributed by atoms with Crippen LogP contribution in [0.25, 0.3) is 42.7 Å². The average molecular weight is 764 g/mol. The molecule has 0 atom stereocenters. The van der Waals surface area contributed by atoms with Gasteiger partial charge >= 0.3 is 0 Å². The predicted octanol–water partition coefficient (Wildman–Crippen LogP) is 10.1. The Balaban J connectivity index is 0.000000207. The van der Waals surface area contributed by atoms with E-state index < -0.39 is 14.0 Å². The largest absolute Gasteiger partial charge is 0.305 e. The third kappa shape index (κ3) is 6.66. The van der Waals surface area contributed by atoms with Crippen LogP contribution < -0.4 is 5.19 Å². The van der Waals surface area contributed by atoms with E-state index in [0.29, 0.717) is 0 Å². The molecule has 3 aromatic carbocycles. The molecule has 0 bridgehead atoms. The predicted molar refractivity (Wildman–Crippen MR) is 181 cm³/mol. The van der Waals surface area contributed by atoms with Gasteiger partial charge in [-0.15, -0.1) is 59.2 Å². The van der Waals surface area contributed by atoms with Gasteiger partial charge in [0, 0.05) is 38.6 Å². The topological polar surface area (TPSA) is 25.8 Å². The van der Waals surface area contributed by atoms with Crippen molar-refractivity contribution in [1.82, 2.24) is 9.97 Å². The van der Waals surface area contributed by atoms with Crippen molar-refractivity contribution in [1.29, 1.82) is 0 Å². The summed E-state index contributed by atoms with van der Waals surface area (Å²) in [4.78, 5) is 9.17. The molecule has 2 nitrogen and oxygen atoms in total. The molecule has 0 saturated heterocycles. The van der Waals surface area contributed by atoms with Crippen molar-refractivity contribution in [3.63, 3.8) is 0 Å². The van der Waals surface area contributed by atoms with Gasteiger partial charge in [0.1, 0.15) is 0 Å². The van der Waals surface area contributed by atoms with Gasteiger partial charge < -0.3 is 9.97 Å². The third-order valence-corrected chi connectivity index (χ3v) is 10.8. The normalized spacial score (nSPS) is 12.0. The fourth-order valence-electron chi connectivity index (χ4n) is 5.30. The van der Waals surface area contributed by atoms with Crippen LogP contribution in [-0.4, -0.2) is 18.0 Å². The smallest absolute Gasteiger partial charge is 0.0798 e. The summed E-state index contributed by atoms with van der Waals surface area (Å²) in [6.45, 7) is 17.4. The summed E-state index contributed by atoms with van der Waals surface area (Å²) >= 11 is 1.81. The molecule has 3 aromatic heterocycles. The monoisotopic (exact) mass is 764 g/mol. The van der Waals surface area contributed by atoms with Crippen LogP contribution in [0.5, 0.6) is 0 Å². The molecule has 0 spiro atoms. The van der Waals surface area contributed by atoms with Crippen LogP contribution in [0.2, 0.25) is 19.6 Å². The molecule has 6 rings (SSSR count). The second-order valence-electron chi connectivity index (χ2n) is 11.9. The van der Waals surface area contributed by atoms with Crippen LogP contribution in [0.4, 0.5) is 0 Å². The first-order chi connectivity index (χ1) is 19.8. The molecule has 0 aliphatic heterocycles. The van der Waals surface area contributed by atoms with Crippen molar-refractivity contribution >= 4 is 44.8 Å². The molecular formula is C37H38IrN2SSi-2. The number of nitrogens with zero attached hydrogens (tertiary/aromatic N) is 2. The van der Waals surface area contributed by atoms with Crippen molar-refractivity contribution in [2.45, 2.75) is 60.2 Å². The minimum Gasteiger partial charge on any atom is -0.305 e. The summed E-state index contributed by atoms with van der Waals surface area (Å²) in [6, 6.07) is 29.3. The van der Waals surface area contributed by atoms with Crippen LogP contribution in [0, 0.1) is 32.9 Å². The van der Waals surface area contributed by atoms with Gasteiger partial charge in [0.2, 0.25) is 0 Å². The second kappa shape index (κ2) is 13.1. The first-order valence-electron chi connectivity index (χ1n) is 14.6. The van der Waals surface area contributed by atoms with E-state index in [0.717, 1.165) is 28.1 Å². The number of aryl methyl sites for hydroxylation is 3. The maximum Gasteiger partial charge on any atom is 0.0798 e. The number of thiophene rings is 1. The number of hydrogen-bond acceptors (Lipinski definition) is 3. The summed E-state index contributed by atoms with van der Waals surface area (Å²) in [5.74, 6) is -0.641. The maximum atomic E-state index is 8.31. The quantitative estimate of drug-likeness (QED) is 0.132. The van der Waals surface area contributed by atoms with Gasteiger partial charge in [0.25, 0.3) is 0 Å². The summed E-state index contributed by atoms with van der Waals surface area (Å²) in [7, 11) is -1.27. The Morgan fingerprint density at radius 3 is 2.29 bits per heavy atom. The Labute approximate surface area is 271 Å². The molecule has 0 amide bonds. The Bertz CT molecular complexity index is 1890. The van der Waals surface area contributed by atoms with Gasteiger partial charge in [-0.1, -0.05) is 81.2 Å². The van der Waals surface area contributed by atoms with Gasteiger partial charge in [0.15, 0.2) is 0 Å². The van der Waals surface area contributed by atoms with Crippen LogP contribution in [0.15, 0.2) is 79.1 Å². The molecule has 42 heavy (non-hydrogen) atoms. The second-order valence-corrected chi connectivity index (χ2v) is 18.0. The fraction of sp³-hybridized carbons (Fsp3) is 0.243. The number of hydrogen-bond donors (Lipinski definition) is 0. The number of aromatic nitrogens is 2. The first kappa shape index (κ1) is 30.5. The molecule has 0 saturated carbocycles. The third-order valence-electron chi connectivity index (χ3n) is 7.48. The van der Waals surface area contributed by atoms with Gasteiger partial charge in [-0.25, -0.2) is 0 Å². The Hall–Kier alpha value is -2.95. The van der Waals surface area contributed by atoms with Crippen molar-refractivity contribution in [3.8, 4) is 22.5 Å². The molecule has 0 fully saturated rings. The van der Waals surface area contributed by atoms with E-state index in [9.17, 15) is 0 Å². The minimum atomic E-state index is -1.27. The number of pyridine rings is 2. The maximum absolute atomic E-state index is 8.31. The minimum absolute atomic E-state index is 0. The van der Waals surface area contributed by atoms with E-state index in [-0.39, 0.29) is 20.1 Å². The Kier molecular flexibility index (Phi) is 9.54. The molecule has 1 radical (unpaired) electrons.